The second-order valence-electron chi connectivity index (χ2n) is 5.31. The van der Waals surface area contributed by atoms with Gasteiger partial charge in [0.2, 0.25) is 0 Å². The first-order chi connectivity index (χ1) is 8.39. The maximum Gasteiger partial charge on any atom is 0.270 e. The van der Waals surface area contributed by atoms with Gasteiger partial charge in [0, 0.05) is 0 Å². The summed E-state index contributed by atoms with van der Waals surface area (Å²) in [6.45, 7) is 8.14. The minimum absolute atomic E-state index is 0.0856. The lowest BCUT2D eigenvalue weighted by Gasteiger charge is -2.38. The van der Waals surface area contributed by atoms with Gasteiger partial charge < -0.3 is 0 Å². The zero-order valence-electron chi connectivity index (χ0n) is 12.4. The van der Waals surface area contributed by atoms with E-state index in [1.54, 1.807) is 0 Å². The van der Waals surface area contributed by atoms with Gasteiger partial charge in [-0.1, -0.05) is 53.4 Å². The summed E-state index contributed by atoms with van der Waals surface area (Å²) in [6.07, 6.45) is 6.44. The number of hydrogen-bond donors (Lipinski definition) is 1. The molecule has 0 heterocycles. The Balaban J connectivity index is 5.47. The molecule has 0 aliphatic carbocycles. The molecule has 0 aromatic carbocycles. The minimum atomic E-state index is -3.99. The van der Waals surface area contributed by atoms with Gasteiger partial charge in [0.05, 0.1) is 0 Å². The molecule has 0 aromatic rings. The van der Waals surface area contributed by atoms with Crippen LogP contribution in [0.2, 0.25) is 0 Å². The van der Waals surface area contributed by atoms with Crippen LogP contribution < -0.4 is 0 Å². The zero-order chi connectivity index (χ0) is 14.2. The maximum absolute atomic E-state index is 12.0. The van der Waals surface area contributed by atoms with E-state index < -0.39 is 14.9 Å². The van der Waals surface area contributed by atoms with Crippen molar-refractivity contribution in [1.82, 2.24) is 0 Å². The molecule has 110 valence electrons. The molecule has 4 heteroatoms. The molecule has 18 heavy (non-hydrogen) atoms. The van der Waals surface area contributed by atoms with Crippen molar-refractivity contribution >= 4 is 10.1 Å². The topological polar surface area (TPSA) is 54.4 Å². The van der Waals surface area contributed by atoms with Gasteiger partial charge >= 0.3 is 0 Å². The van der Waals surface area contributed by atoms with Crippen molar-refractivity contribution in [2.45, 2.75) is 83.8 Å². The fourth-order valence-electron chi connectivity index (χ4n) is 3.22. The summed E-state index contributed by atoms with van der Waals surface area (Å²) >= 11 is 0. The van der Waals surface area contributed by atoms with E-state index >= 15 is 0 Å². The van der Waals surface area contributed by atoms with Crippen LogP contribution in [0, 0.1) is 5.92 Å². The van der Waals surface area contributed by atoms with Gasteiger partial charge in [-0.05, 0) is 31.6 Å². The number of rotatable bonds is 10. The third-order valence-electron chi connectivity index (χ3n) is 3.88. The van der Waals surface area contributed by atoms with Crippen LogP contribution >= 0.6 is 0 Å². The molecular formula is C14H30O3S. The summed E-state index contributed by atoms with van der Waals surface area (Å²) in [5.41, 5.74) is 0. The Labute approximate surface area is 113 Å². The first-order valence-electron chi connectivity index (χ1n) is 7.36. The highest BCUT2D eigenvalue weighted by molar-refractivity contribution is 7.87. The van der Waals surface area contributed by atoms with E-state index in [2.05, 4.69) is 13.8 Å². The minimum Gasteiger partial charge on any atom is -0.285 e. The van der Waals surface area contributed by atoms with E-state index in [-0.39, 0.29) is 5.92 Å². The SMILES string of the molecule is CCCC(CCC)C(CCC)(CCC)S(=O)(=O)O. The van der Waals surface area contributed by atoms with Gasteiger partial charge in [-0.3, -0.25) is 4.55 Å². The molecule has 0 saturated heterocycles. The molecule has 0 unspecified atom stereocenters. The molecule has 1 N–H and O–H groups in total. The lowest BCUT2D eigenvalue weighted by molar-refractivity contribution is 0.257. The molecule has 3 nitrogen and oxygen atoms in total. The molecule has 0 aliphatic rings. The van der Waals surface area contributed by atoms with Crippen LogP contribution in [0.4, 0.5) is 0 Å². The Morgan fingerprint density at radius 1 is 0.889 bits per heavy atom. The van der Waals surface area contributed by atoms with Crippen LogP contribution in [0.5, 0.6) is 0 Å². The normalized spacial score (nSPS) is 13.2. The molecule has 0 rings (SSSR count). The van der Waals surface area contributed by atoms with Crippen LogP contribution in [0.1, 0.15) is 79.1 Å². The molecule has 0 radical (unpaired) electrons. The second-order valence-corrected chi connectivity index (χ2v) is 7.08. The van der Waals surface area contributed by atoms with Crippen LogP contribution in [-0.2, 0) is 10.1 Å². The summed E-state index contributed by atoms with van der Waals surface area (Å²) < 4.78 is 32.8. The first-order valence-corrected chi connectivity index (χ1v) is 8.80. The predicted octanol–water partition coefficient (Wildman–Crippen LogP) is 4.43. The Kier molecular flexibility index (Phi) is 8.11. The van der Waals surface area contributed by atoms with Gasteiger partial charge in [-0.15, -0.1) is 0 Å². The quantitative estimate of drug-likeness (QED) is 0.601. The predicted molar refractivity (Wildman–Crippen MR) is 77.4 cm³/mol. The lowest BCUT2D eigenvalue weighted by Crippen LogP contribution is -2.45. The largest absolute Gasteiger partial charge is 0.285 e. The van der Waals surface area contributed by atoms with Gasteiger partial charge in [-0.25, -0.2) is 0 Å². The van der Waals surface area contributed by atoms with Gasteiger partial charge in [0.15, 0.2) is 0 Å². The highest BCUT2D eigenvalue weighted by atomic mass is 32.2. The molecule has 0 spiro atoms. The van der Waals surface area contributed by atoms with E-state index in [1.165, 1.54) is 0 Å². The van der Waals surface area contributed by atoms with Gasteiger partial charge in [0.1, 0.15) is 4.75 Å². The Morgan fingerprint density at radius 3 is 1.50 bits per heavy atom. The third-order valence-corrected chi connectivity index (χ3v) is 5.65. The Morgan fingerprint density at radius 2 is 1.28 bits per heavy atom. The fourth-order valence-corrected chi connectivity index (χ4v) is 4.80. The van der Waals surface area contributed by atoms with Crippen molar-refractivity contribution in [3.05, 3.63) is 0 Å². The van der Waals surface area contributed by atoms with Crippen molar-refractivity contribution in [2.24, 2.45) is 5.92 Å². The molecule has 0 bridgehead atoms. The third kappa shape index (κ3) is 4.23. The first kappa shape index (κ1) is 17.9. The van der Waals surface area contributed by atoms with Crippen LogP contribution in [0.15, 0.2) is 0 Å². The smallest absolute Gasteiger partial charge is 0.270 e. The zero-order valence-corrected chi connectivity index (χ0v) is 13.2. The molecular weight excluding hydrogens is 248 g/mol. The molecule has 0 atom stereocenters. The maximum atomic E-state index is 12.0. The molecule has 0 aromatic heterocycles. The highest BCUT2D eigenvalue weighted by Crippen LogP contribution is 2.40. The number of hydrogen-bond acceptors (Lipinski definition) is 2. The van der Waals surface area contributed by atoms with Crippen molar-refractivity contribution in [3.8, 4) is 0 Å². The van der Waals surface area contributed by atoms with Gasteiger partial charge in [-0.2, -0.15) is 8.42 Å². The average Bonchev–Trinajstić information content (AvgIpc) is 2.27. The van der Waals surface area contributed by atoms with Crippen molar-refractivity contribution < 1.29 is 13.0 Å². The van der Waals surface area contributed by atoms with Crippen LogP contribution in [0.25, 0.3) is 0 Å². The summed E-state index contributed by atoms with van der Waals surface area (Å²) in [5.74, 6) is 0.0856. The molecule has 0 saturated carbocycles. The van der Waals surface area contributed by atoms with Crippen molar-refractivity contribution in [2.75, 3.05) is 0 Å². The summed E-state index contributed by atoms with van der Waals surface area (Å²) in [5, 5.41) is 0. The molecule has 0 amide bonds. The van der Waals surface area contributed by atoms with E-state index in [0.29, 0.717) is 12.8 Å². The van der Waals surface area contributed by atoms with Crippen LogP contribution in [0.3, 0.4) is 0 Å². The van der Waals surface area contributed by atoms with E-state index in [0.717, 1.165) is 38.5 Å². The van der Waals surface area contributed by atoms with Crippen molar-refractivity contribution in [3.63, 3.8) is 0 Å². The van der Waals surface area contributed by atoms with E-state index in [1.807, 2.05) is 13.8 Å². The highest BCUT2D eigenvalue weighted by Gasteiger charge is 2.46. The van der Waals surface area contributed by atoms with E-state index in [4.69, 9.17) is 0 Å². The monoisotopic (exact) mass is 278 g/mol. The van der Waals surface area contributed by atoms with Crippen molar-refractivity contribution in [1.29, 1.82) is 0 Å². The summed E-state index contributed by atoms with van der Waals surface area (Å²) in [7, 11) is -3.99. The molecule has 0 fully saturated rings. The Hall–Kier alpha value is -0.0900. The summed E-state index contributed by atoms with van der Waals surface area (Å²) in [6, 6.07) is 0. The van der Waals surface area contributed by atoms with Gasteiger partial charge in [0.25, 0.3) is 10.1 Å². The standard InChI is InChI=1S/C14H30O3S/c1-5-9-13(10-6-2)14(11-7-3,12-8-4)18(15,16)17/h13H,5-12H2,1-4H3,(H,15,16,17). The average molecular weight is 278 g/mol. The lowest BCUT2D eigenvalue weighted by atomic mass is 9.79. The van der Waals surface area contributed by atoms with Crippen LogP contribution in [-0.4, -0.2) is 17.7 Å². The molecule has 0 aliphatic heterocycles. The summed E-state index contributed by atoms with van der Waals surface area (Å²) in [4.78, 5) is 0. The fraction of sp³-hybridized carbons (Fsp3) is 1.00. The van der Waals surface area contributed by atoms with E-state index in [9.17, 15) is 13.0 Å². The Bertz CT molecular complexity index is 297. The second kappa shape index (κ2) is 8.16.